The minimum Gasteiger partial charge on any atom is -0.481 e. The highest BCUT2D eigenvalue weighted by Gasteiger charge is 2.61. The molecule has 3 aliphatic rings. The zero-order valence-corrected chi connectivity index (χ0v) is 35.7. The second-order valence-corrected chi connectivity index (χ2v) is 18.6. The van der Waals surface area contributed by atoms with Gasteiger partial charge in [0.15, 0.2) is 0 Å². The number of hydrogen-bond donors (Lipinski definition) is 2. The summed E-state index contributed by atoms with van der Waals surface area (Å²) in [4.78, 5) is 95.5. The van der Waals surface area contributed by atoms with E-state index in [-0.39, 0.29) is 50.3 Å². The Morgan fingerprint density at radius 1 is 0.983 bits per heavy atom. The number of non-ortho nitro benzene ring substituents is 1. The summed E-state index contributed by atoms with van der Waals surface area (Å²) in [6, 6.07) is 10.5. The van der Waals surface area contributed by atoms with Gasteiger partial charge >= 0.3 is 24.1 Å². The number of nitro groups is 1. The number of β-lactam (4-membered cyclic amide) rings is 1. The van der Waals surface area contributed by atoms with Crippen LogP contribution < -0.4 is 0 Å². The number of amides is 4. The van der Waals surface area contributed by atoms with Crippen LogP contribution in [0.4, 0.5) is 15.3 Å². The molecule has 2 saturated heterocycles. The van der Waals surface area contributed by atoms with Crippen molar-refractivity contribution in [2.75, 3.05) is 6.54 Å². The number of nitro benzene ring substituents is 1. The van der Waals surface area contributed by atoms with Crippen molar-refractivity contribution in [3.8, 4) is 0 Å². The molecule has 0 spiro atoms. The largest absolute Gasteiger partial charge is 0.481 e. The number of likely N-dealkylation sites (tertiary alicyclic amines) is 1. The number of carboxylic acid groups (broad SMARTS) is 1. The molecule has 2 aromatic rings. The van der Waals surface area contributed by atoms with E-state index in [1.807, 2.05) is 6.92 Å². The SMILES string of the molecule is C[C@@H](O)[C@H]1C(=O)N2C(C(=O)OCc3ccc([N+](=O)[O-])cc3)=C(S[C@H]3C[C@@H](C(=O)N(Cc4cccc(CCC(=O)O)c4)C(=O)OC(C)(C)C)N(C(=O)OC(C)(C)C)C3)[C@H](C)[C@H]12. The van der Waals surface area contributed by atoms with E-state index in [1.54, 1.807) is 65.8 Å². The zero-order chi connectivity index (χ0) is 44.4. The maximum absolute atomic E-state index is 14.7. The van der Waals surface area contributed by atoms with E-state index in [0.29, 0.717) is 21.6 Å². The lowest BCUT2D eigenvalue weighted by molar-refractivity contribution is -0.384. The molecule has 0 unspecified atom stereocenters. The van der Waals surface area contributed by atoms with Gasteiger partial charge in [-0.05, 0) is 90.1 Å². The number of aliphatic hydroxyl groups excluding tert-OH is 1. The Kier molecular flexibility index (Phi) is 13.7. The number of benzene rings is 2. The van der Waals surface area contributed by atoms with Crippen molar-refractivity contribution < 1.29 is 58.1 Å². The maximum Gasteiger partial charge on any atom is 0.417 e. The Bertz CT molecular complexity index is 2060. The number of hydrogen-bond acceptors (Lipinski definition) is 13. The van der Waals surface area contributed by atoms with Crippen LogP contribution in [-0.4, -0.2) is 107 Å². The summed E-state index contributed by atoms with van der Waals surface area (Å²) >= 11 is 1.20. The molecule has 0 aliphatic carbocycles. The molecule has 324 valence electrons. The van der Waals surface area contributed by atoms with Gasteiger partial charge in [-0.15, -0.1) is 11.8 Å². The average molecular weight is 853 g/mol. The van der Waals surface area contributed by atoms with E-state index in [1.165, 1.54) is 52.8 Å². The normalized spacial score (nSPS) is 21.8. The van der Waals surface area contributed by atoms with Crippen LogP contribution in [0.1, 0.15) is 84.9 Å². The molecule has 60 heavy (non-hydrogen) atoms. The van der Waals surface area contributed by atoms with Gasteiger partial charge in [-0.25, -0.2) is 19.3 Å². The third kappa shape index (κ3) is 10.6. The number of ether oxygens (including phenoxy) is 3. The molecule has 2 N–H and O–H groups in total. The first-order valence-corrected chi connectivity index (χ1v) is 20.5. The van der Waals surface area contributed by atoms with E-state index >= 15 is 0 Å². The van der Waals surface area contributed by atoms with Crippen LogP contribution in [0, 0.1) is 22.0 Å². The maximum atomic E-state index is 14.7. The van der Waals surface area contributed by atoms with Crippen LogP contribution in [0.3, 0.4) is 0 Å². The first kappa shape index (κ1) is 45.6. The molecule has 0 radical (unpaired) electrons. The molecule has 4 amide bonds. The van der Waals surface area contributed by atoms with Crippen molar-refractivity contribution in [2.45, 2.75) is 122 Å². The second kappa shape index (κ2) is 18.0. The fourth-order valence-electron chi connectivity index (χ4n) is 7.47. The number of esters is 1. The predicted molar refractivity (Wildman–Crippen MR) is 217 cm³/mol. The smallest absolute Gasteiger partial charge is 0.417 e. The number of fused-ring (bicyclic) bond motifs is 1. The van der Waals surface area contributed by atoms with Crippen LogP contribution in [0.15, 0.2) is 59.1 Å². The Morgan fingerprint density at radius 3 is 2.20 bits per heavy atom. The van der Waals surface area contributed by atoms with Gasteiger partial charge in [-0.2, -0.15) is 0 Å². The predicted octanol–water partition coefficient (Wildman–Crippen LogP) is 5.80. The third-order valence-corrected chi connectivity index (χ3v) is 11.6. The number of aliphatic carboxylic acids is 1. The highest BCUT2D eigenvalue weighted by atomic mass is 32.2. The summed E-state index contributed by atoms with van der Waals surface area (Å²) in [6.45, 7) is 12.7. The average Bonchev–Trinajstić information content (AvgIpc) is 3.67. The fraction of sp³-hybridized carbons (Fsp3) is 0.524. The summed E-state index contributed by atoms with van der Waals surface area (Å²) < 4.78 is 17.1. The molecule has 5 rings (SSSR count). The zero-order valence-electron chi connectivity index (χ0n) is 34.9. The fourth-order valence-corrected chi connectivity index (χ4v) is 8.99. The number of carboxylic acids is 1. The molecule has 2 fully saturated rings. The molecule has 3 aliphatic heterocycles. The van der Waals surface area contributed by atoms with Gasteiger partial charge in [0.25, 0.3) is 11.6 Å². The molecule has 18 heteroatoms. The standard InChI is InChI=1S/C42H52N4O13S/c1-23-33-32(24(2)47)37(51)45(33)34(38(52)57-22-26-12-15-28(16-13-26)46(55)56)35(23)60-29-19-30(43(21-29)39(53)58-41(3,4)5)36(50)44(40(54)59-42(6,7)8)20-27-11-9-10-25(18-27)14-17-31(48)49/h9-13,15-16,18,23-24,29-30,32-33,47H,14,17,19-22H2,1-8H3,(H,48,49)/t23-,24-,29+,30+,32-,33-/m1/s1. The lowest BCUT2D eigenvalue weighted by atomic mass is 9.79. The summed E-state index contributed by atoms with van der Waals surface area (Å²) in [7, 11) is 0. The van der Waals surface area contributed by atoms with Crippen molar-refractivity contribution in [2.24, 2.45) is 11.8 Å². The van der Waals surface area contributed by atoms with Crippen molar-refractivity contribution in [3.63, 3.8) is 0 Å². The van der Waals surface area contributed by atoms with Crippen molar-refractivity contribution in [3.05, 3.63) is 85.9 Å². The quantitative estimate of drug-likeness (QED) is 0.0800. The number of carbonyl (C=O) groups is 6. The first-order valence-electron chi connectivity index (χ1n) is 19.6. The summed E-state index contributed by atoms with van der Waals surface area (Å²) in [5.74, 6) is -4.29. The van der Waals surface area contributed by atoms with E-state index in [4.69, 9.17) is 14.2 Å². The van der Waals surface area contributed by atoms with Gasteiger partial charge in [-0.3, -0.25) is 29.4 Å². The van der Waals surface area contributed by atoms with Gasteiger partial charge < -0.3 is 29.3 Å². The van der Waals surface area contributed by atoms with Crippen molar-refractivity contribution in [1.29, 1.82) is 0 Å². The number of aliphatic hydroxyl groups is 1. The van der Waals surface area contributed by atoms with Gasteiger partial charge in [0, 0.05) is 41.2 Å². The highest BCUT2D eigenvalue weighted by Crippen LogP contribution is 2.52. The molecular weight excluding hydrogens is 801 g/mol. The minimum absolute atomic E-state index is 0.000475. The number of carbonyl (C=O) groups excluding carboxylic acids is 5. The van der Waals surface area contributed by atoms with Gasteiger partial charge in [0.2, 0.25) is 5.91 Å². The van der Waals surface area contributed by atoms with Crippen molar-refractivity contribution >= 4 is 53.4 Å². The molecule has 2 aromatic carbocycles. The van der Waals surface area contributed by atoms with E-state index in [0.717, 1.165) is 4.90 Å². The van der Waals surface area contributed by atoms with E-state index in [9.17, 15) is 49.1 Å². The number of aryl methyl sites for hydroxylation is 1. The Balaban J connectivity index is 1.47. The Labute approximate surface area is 352 Å². The number of rotatable bonds is 13. The molecule has 0 bridgehead atoms. The van der Waals surface area contributed by atoms with Crippen LogP contribution in [-0.2, 0) is 53.0 Å². The molecule has 6 atom stereocenters. The molecular formula is C42H52N4O13S. The number of nitrogens with zero attached hydrogens (tertiary/aromatic N) is 4. The van der Waals surface area contributed by atoms with Gasteiger partial charge in [0.1, 0.15) is 29.5 Å². The topological polar surface area (TPSA) is 223 Å². The number of imide groups is 1. The van der Waals surface area contributed by atoms with Gasteiger partial charge in [0.05, 0.1) is 29.5 Å². The summed E-state index contributed by atoms with van der Waals surface area (Å²) in [6.07, 6.45) is -2.68. The molecule has 17 nitrogen and oxygen atoms in total. The Hall–Kier alpha value is -5.49. The minimum atomic E-state index is -1.24. The molecule has 0 saturated carbocycles. The van der Waals surface area contributed by atoms with Crippen LogP contribution in [0.25, 0.3) is 0 Å². The first-order chi connectivity index (χ1) is 28.0. The third-order valence-electron chi connectivity index (χ3n) is 10.1. The number of thioether (sulfide) groups is 1. The lowest BCUT2D eigenvalue weighted by Gasteiger charge is -2.46. The van der Waals surface area contributed by atoms with E-state index in [2.05, 4.69) is 0 Å². The second-order valence-electron chi connectivity index (χ2n) is 17.2. The van der Waals surface area contributed by atoms with Crippen LogP contribution in [0.2, 0.25) is 0 Å². The summed E-state index contributed by atoms with van der Waals surface area (Å²) in [5.41, 5.74) is -0.451. The monoisotopic (exact) mass is 852 g/mol. The summed E-state index contributed by atoms with van der Waals surface area (Å²) in [5, 5.41) is 30.3. The Morgan fingerprint density at radius 2 is 1.62 bits per heavy atom. The van der Waals surface area contributed by atoms with Crippen LogP contribution >= 0.6 is 11.8 Å². The molecule has 3 heterocycles. The van der Waals surface area contributed by atoms with Crippen LogP contribution in [0.5, 0.6) is 0 Å². The lowest BCUT2D eigenvalue weighted by Crippen LogP contribution is -2.63. The van der Waals surface area contributed by atoms with Gasteiger partial charge in [-0.1, -0.05) is 31.2 Å². The van der Waals surface area contributed by atoms with E-state index < -0.39 is 87.3 Å². The molecule has 0 aromatic heterocycles. The van der Waals surface area contributed by atoms with Crippen molar-refractivity contribution in [1.82, 2.24) is 14.7 Å². The highest BCUT2D eigenvalue weighted by molar-refractivity contribution is 8.03.